The van der Waals surface area contributed by atoms with Crippen molar-refractivity contribution in [2.45, 2.75) is 51.8 Å². The van der Waals surface area contributed by atoms with Gasteiger partial charge in [-0.05, 0) is 45.7 Å². The first-order valence-corrected chi connectivity index (χ1v) is 7.34. The van der Waals surface area contributed by atoms with Crippen LogP contribution < -0.4 is 10.2 Å². The maximum absolute atomic E-state index is 5.64. The lowest BCUT2D eigenvalue weighted by atomic mass is 10.1. The molecular formula is C15H26N4O. The fourth-order valence-corrected chi connectivity index (χ4v) is 2.19. The van der Waals surface area contributed by atoms with Gasteiger partial charge >= 0.3 is 0 Å². The number of likely N-dealkylation sites (N-methyl/N-ethyl adjacent to an activating group) is 1. The Morgan fingerprint density at radius 2 is 2.15 bits per heavy atom. The molecule has 1 aromatic rings. The van der Waals surface area contributed by atoms with Gasteiger partial charge in [-0.3, -0.25) is 0 Å². The number of aromatic nitrogens is 2. The monoisotopic (exact) mass is 278 g/mol. The maximum Gasteiger partial charge on any atom is 0.151 e. The number of nitrogens with one attached hydrogen (secondary N) is 1. The van der Waals surface area contributed by atoms with E-state index < -0.39 is 0 Å². The highest BCUT2D eigenvalue weighted by Crippen LogP contribution is 2.16. The predicted molar refractivity (Wildman–Crippen MR) is 80.9 cm³/mol. The van der Waals surface area contributed by atoms with E-state index in [0.717, 1.165) is 37.6 Å². The fraction of sp³-hybridized carbons (Fsp3) is 0.733. The van der Waals surface area contributed by atoms with Crippen LogP contribution in [-0.4, -0.2) is 42.0 Å². The van der Waals surface area contributed by atoms with Crippen molar-refractivity contribution in [2.75, 3.05) is 25.1 Å². The Morgan fingerprint density at radius 1 is 1.35 bits per heavy atom. The van der Waals surface area contributed by atoms with E-state index in [1.807, 2.05) is 19.2 Å². The van der Waals surface area contributed by atoms with Gasteiger partial charge in [0.2, 0.25) is 0 Å². The molecule has 1 aliphatic rings. The Kier molecular flexibility index (Phi) is 4.94. The lowest BCUT2D eigenvalue weighted by molar-refractivity contribution is 0.116. The van der Waals surface area contributed by atoms with Crippen LogP contribution >= 0.6 is 0 Å². The van der Waals surface area contributed by atoms with E-state index in [0.29, 0.717) is 6.10 Å². The second kappa shape index (κ2) is 6.50. The first-order valence-electron chi connectivity index (χ1n) is 7.34. The standard InChI is InChI=1S/C15H26N4O/c1-15(2,3)16-10-12-7-8-14(18-17-12)19(4)11-13-6-5-9-20-13/h7-8,13,16H,5-6,9-11H2,1-4H3. The number of rotatable bonds is 5. The molecule has 5 heteroatoms. The topological polar surface area (TPSA) is 50.3 Å². The van der Waals surface area contributed by atoms with Gasteiger partial charge in [0.05, 0.1) is 11.8 Å². The Hall–Kier alpha value is -1.20. The van der Waals surface area contributed by atoms with Crippen molar-refractivity contribution in [3.8, 4) is 0 Å². The third kappa shape index (κ3) is 4.72. The van der Waals surface area contributed by atoms with Crippen molar-refractivity contribution in [3.63, 3.8) is 0 Å². The molecule has 20 heavy (non-hydrogen) atoms. The summed E-state index contributed by atoms with van der Waals surface area (Å²) >= 11 is 0. The number of hydrogen-bond donors (Lipinski definition) is 1. The smallest absolute Gasteiger partial charge is 0.151 e. The average molecular weight is 278 g/mol. The zero-order chi connectivity index (χ0) is 14.6. The van der Waals surface area contributed by atoms with Gasteiger partial charge in [0, 0.05) is 32.3 Å². The minimum atomic E-state index is 0.0942. The molecule has 1 N–H and O–H groups in total. The van der Waals surface area contributed by atoms with Gasteiger partial charge in [-0.25, -0.2) is 0 Å². The highest BCUT2D eigenvalue weighted by atomic mass is 16.5. The van der Waals surface area contributed by atoms with Crippen molar-refractivity contribution in [1.29, 1.82) is 0 Å². The molecule has 0 saturated carbocycles. The average Bonchev–Trinajstić information content (AvgIpc) is 2.89. The fourth-order valence-electron chi connectivity index (χ4n) is 2.19. The summed E-state index contributed by atoms with van der Waals surface area (Å²) in [5, 5.41) is 12.0. The van der Waals surface area contributed by atoms with E-state index in [9.17, 15) is 0 Å². The Balaban J connectivity index is 1.86. The minimum Gasteiger partial charge on any atom is -0.376 e. The number of anilines is 1. The Labute approximate surface area is 121 Å². The molecule has 0 aromatic carbocycles. The van der Waals surface area contributed by atoms with Crippen LogP contribution in [0.4, 0.5) is 5.82 Å². The van der Waals surface area contributed by atoms with Gasteiger partial charge in [0.15, 0.2) is 5.82 Å². The highest BCUT2D eigenvalue weighted by molar-refractivity contribution is 5.36. The molecule has 0 spiro atoms. The molecule has 112 valence electrons. The quantitative estimate of drug-likeness (QED) is 0.892. The zero-order valence-corrected chi connectivity index (χ0v) is 13.0. The lowest BCUT2D eigenvalue weighted by Gasteiger charge is -2.22. The van der Waals surface area contributed by atoms with Gasteiger partial charge in [0.1, 0.15) is 0 Å². The van der Waals surface area contributed by atoms with Gasteiger partial charge in [0.25, 0.3) is 0 Å². The molecule has 0 aliphatic carbocycles. The summed E-state index contributed by atoms with van der Waals surface area (Å²) in [6.07, 6.45) is 2.65. The SMILES string of the molecule is CN(CC1CCCO1)c1ccc(CNC(C)(C)C)nn1. The number of hydrogen-bond acceptors (Lipinski definition) is 5. The lowest BCUT2D eigenvalue weighted by Crippen LogP contribution is -2.35. The van der Waals surface area contributed by atoms with Crippen molar-refractivity contribution < 1.29 is 4.74 Å². The molecule has 1 aliphatic heterocycles. The van der Waals surface area contributed by atoms with E-state index in [4.69, 9.17) is 4.74 Å². The second-order valence-electron chi connectivity index (χ2n) is 6.50. The summed E-state index contributed by atoms with van der Waals surface area (Å²) in [5.74, 6) is 0.903. The van der Waals surface area contributed by atoms with Crippen molar-refractivity contribution in [2.24, 2.45) is 0 Å². The van der Waals surface area contributed by atoms with E-state index in [1.54, 1.807) is 0 Å². The van der Waals surface area contributed by atoms with Crippen LogP contribution in [0.2, 0.25) is 0 Å². The van der Waals surface area contributed by atoms with Crippen LogP contribution in [-0.2, 0) is 11.3 Å². The minimum absolute atomic E-state index is 0.0942. The summed E-state index contributed by atoms with van der Waals surface area (Å²) in [6, 6.07) is 4.06. The first-order chi connectivity index (χ1) is 9.44. The summed E-state index contributed by atoms with van der Waals surface area (Å²) in [6.45, 7) is 8.95. The highest BCUT2D eigenvalue weighted by Gasteiger charge is 2.18. The molecule has 1 fully saturated rings. The van der Waals surface area contributed by atoms with Crippen molar-refractivity contribution in [1.82, 2.24) is 15.5 Å². The van der Waals surface area contributed by atoms with E-state index in [1.165, 1.54) is 6.42 Å². The van der Waals surface area contributed by atoms with Crippen LogP contribution in [0, 0.1) is 0 Å². The molecule has 0 bridgehead atoms. The van der Waals surface area contributed by atoms with Crippen LogP contribution in [0.25, 0.3) is 0 Å². The third-order valence-corrected chi connectivity index (χ3v) is 3.40. The maximum atomic E-state index is 5.64. The normalized spacial score (nSPS) is 19.3. The third-order valence-electron chi connectivity index (χ3n) is 3.40. The number of nitrogens with zero attached hydrogens (tertiary/aromatic N) is 3. The van der Waals surface area contributed by atoms with E-state index in [2.05, 4.69) is 41.2 Å². The largest absolute Gasteiger partial charge is 0.376 e. The molecule has 0 amide bonds. The molecule has 1 aromatic heterocycles. The van der Waals surface area contributed by atoms with Gasteiger partial charge in [-0.2, -0.15) is 5.10 Å². The van der Waals surface area contributed by atoms with Crippen molar-refractivity contribution in [3.05, 3.63) is 17.8 Å². The molecular weight excluding hydrogens is 252 g/mol. The first kappa shape index (κ1) is 15.2. The molecule has 2 rings (SSSR count). The van der Waals surface area contributed by atoms with Crippen LogP contribution in [0.15, 0.2) is 12.1 Å². The van der Waals surface area contributed by atoms with Gasteiger partial charge in [-0.15, -0.1) is 5.10 Å². The zero-order valence-electron chi connectivity index (χ0n) is 13.0. The summed E-state index contributed by atoms with van der Waals surface area (Å²) in [4.78, 5) is 2.12. The Bertz CT molecular complexity index is 407. The molecule has 1 unspecified atom stereocenters. The summed E-state index contributed by atoms with van der Waals surface area (Å²) in [7, 11) is 2.04. The van der Waals surface area contributed by atoms with Crippen LogP contribution in [0.1, 0.15) is 39.3 Å². The predicted octanol–water partition coefficient (Wildman–Crippen LogP) is 1.98. The van der Waals surface area contributed by atoms with Gasteiger partial charge in [-0.1, -0.05) is 0 Å². The van der Waals surface area contributed by atoms with Gasteiger partial charge < -0.3 is 15.0 Å². The molecule has 1 atom stereocenters. The van der Waals surface area contributed by atoms with Crippen LogP contribution in [0.3, 0.4) is 0 Å². The number of ether oxygens (including phenoxy) is 1. The van der Waals surface area contributed by atoms with Crippen LogP contribution in [0.5, 0.6) is 0 Å². The van der Waals surface area contributed by atoms with E-state index in [-0.39, 0.29) is 5.54 Å². The molecule has 2 heterocycles. The van der Waals surface area contributed by atoms with E-state index >= 15 is 0 Å². The second-order valence-corrected chi connectivity index (χ2v) is 6.50. The molecule has 1 saturated heterocycles. The summed E-state index contributed by atoms with van der Waals surface area (Å²) < 4.78 is 5.64. The van der Waals surface area contributed by atoms with Crippen molar-refractivity contribution >= 4 is 5.82 Å². The molecule has 0 radical (unpaired) electrons. The summed E-state index contributed by atoms with van der Waals surface area (Å²) in [5.41, 5.74) is 1.06. The molecule has 5 nitrogen and oxygen atoms in total. The Morgan fingerprint density at radius 3 is 2.70 bits per heavy atom.